The molecule has 0 spiro atoms. The maximum Gasteiger partial charge on any atom is 0.255 e. The molecule has 1 rings (SSSR count). The van der Waals surface area contributed by atoms with E-state index < -0.39 is 0 Å². The Labute approximate surface area is 136 Å². The minimum absolute atomic E-state index is 0.0698. The molecule has 0 atom stereocenters. The van der Waals surface area contributed by atoms with E-state index in [-0.39, 0.29) is 18.2 Å². The lowest BCUT2D eigenvalue weighted by Gasteiger charge is -2.22. The average molecular weight is 379 g/mol. The number of hydrogen-bond acceptors (Lipinski definition) is 4. The molecule has 1 amide bonds. The van der Waals surface area contributed by atoms with Crippen molar-refractivity contribution in [3.8, 4) is 0 Å². The van der Waals surface area contributed by atoms with Crippen molar-refractivity contribution in [3.63, 3.8) is 0 Å². The smallest absolute Gasteiger partial charge is 0.255 e. The molecule has 0 radical (unpaired) electrons. The van der Waals surface area contributed by atoms with E-state index in [9.17, 15) is 4.79 Å². The topological polar surface area (TPSA) is 88.2 Å². The van der Waals surface area contributed by atoms with Crippen LogP contribution in [0.5, 0.6) is 0 Å². The number of nitrogens with two attached hydrogens (primary N) is 1. The quantitative estimate of drug-likeness (QED) is 0.330. The van der Waals surface area contributed by atoms with Gasteiger partial charge in [0.05, 0.1) is 12.2 Å². The Morgan fingerprint density at radius 3 is 2.81 bits per heavy atom. The van der Waals surface area contributed by atoms with E-state index in [4.69, 9.17) is 27.3 Å². The van der Waals surface area contributed by atoms with Gasteiger partial charge in [0.1, 0.15) is 5.84 Å². The molecule has 0 aliphatic heterocycles. The van der Waals surface area contributed by atoms with E-state index in [1.165, 1.54) is 0 Å². The Morgan fingerprint density at radius 1 is 1.52 bits per heavy atom. The molecule has 21 heavy (non-hydrogen) atoms. The van der Waals surface area contributed by atoms with E-state index in [0.717, 1.165) is 0 Å². The normalized spacial score (nSPS) is 11.5. The first-order chi connectivity index (χ1) is 9.99. The van der Waals surface area contributed by atoms with Crippen LogP contribution in [0.2, 0.25) is 5.02 Å². The van der Waals surface area contributed by atoms with Gasteiger partial charge >= 0.3 is 0 Å². The molecular formula is C13H17BrClN3O3. The van der Waals surface area contributed by atoms with Gasteiger partial charge in [-0.05, 0) is 34.1 Å². The summed E-state index contributed by atoms with van der Waals surface area (Å²) in [5, 5.41) is 12.0. The summed E-state index contributed by atoms with van der Waals surface area (Å²) in [6.45, 7) is 1.13. The molecule has 0 fully saturated rings. The summed E-state index contributed by atoms with van der Waals surface area (Å²) in [6, 6.07) is 4.96. The lowest BCUT2D eigenvalue weighted by molar-refractivity contribution is 0.0699. The van der Waals surface area contributed by atoms with Gasteiger partial charge in [0.25, 0.3) is 5.91 Å². The lowest BCUT2D eigenvalue weighted by Crippen LogP contribution is -2.36. The molecule has 0 aliphatic carbocycles. The molecule has 0 unspecified atom stereocenters. The number of nitrogens with zero attached hydrogens (tertiary/aromatic N) is 2. The van der Waals surface area contributed by atoms with Crippen molar-refractivity contribution in [1.82, 2.24) is 4.90 Å². The highest BCUT2D eigenvalue weighted by Crippen LogP contribution is 2.23. The first-order valence-electron chi connectivity index (χ1n) is 6.19. The number of oxime groups is 1. The molecule has 8 heteroatoms. The fourth-order valence-corrected chi connectivity index (χ4v) is 2.50. The van der Waals surface area contributed by atoms with Crippen LogP contribution in [-0.2, 0) is 4.74 Å². The second-order valence-electron chi connectivity index (χ2n) is 4.25. The van der Waals surface area contributed by atoms with Crippen molar-refractivity contribution in [2.24, 2.45) is 10.9 Å². The summed E-state index contributed by atoms with van der Waals surface area (Å²) in [5.41, 5.74) is 5.94. The van der Waals surface area contributed by atoms with Crippen molar-refractivity contribution in [3.05, 3.63) is 33.3 Å². The maximum atomic E-state index is 12.5. The number of halogens is 2. The predicted molar refractivity (Wildman–Crippen MR) is 85.0 cm³/mol. The Bertz CT molecular complexity index is 525. The van der Waals surface area contributed by atoms with Crippen LogP contribution in [0.25, 0.3) is 0 Å². The van der Waals surface area contributed by atoms with E-state index >= 15 is 0 Å². The molecule has 0 bridgehead atoms. The summed E-state index contributed by atoms with van der Waals surface area (Å²) in [4.78, 5) is 14.1. The second kappa shape index (κ2) is 8.86. The van der Waals surface area contributed by atoms with Gasteiger partial charge in [-0.15, -0.1) is 0 Å². The highest BCUT2D eigenvalue weighted by molar-refractivity contribution is 9.10. The van der Waals surface area contributed by atoms with Gasteiger partial charge in [-0.3, -0.25) is 4.79 Å². The largest absolute Gasteiger partial charge is 0.409 e. The molecule has 0 saturated carbocycles. The Morgan fingerprint density at radius 2 is 2.24 bits per heavy atom. The maximum absolute atomic E-state index is 12.5. The van der Waals surface area contributed by atoms with Gasteiger partial charge in [-0.25, -0.2) is 0 Å². The van der Waals surface area contributed by atoms with Crippen LogP contribution in [0.4, 0.5) is 0 Å². The van der Waals surface area contributed by atoms with Gasteiger partial charge in [-0.2, -0.15) is 0 Å². The van der Waals surface area contributed by atoms with Gasteiger partial charge in [0.15, 0.2) is 0 Å². The third-order valence-electron chi connectivity index (χ3n) is 2.78. The van der Waals surface area contributed by atoms with Gasteiger partial charge in [-0.1, -0.05) is 16.8 Å². The van der Waals surface area contributed by atoms with Crippen LogP contribution in [0.15, 0.2) is 27.8 Å². The molecule has 6 nitrogen and oxygen atoms in total. The predicted octanol–water partition coefficient (Wildman–Crippen LogP) is 2.33. The number of ether oxygens (including phenoxy) is 1. The van der Waals surface area contributed by atoms with Crippen LogP contribution >= 0.6 is 27.5 Å². The molecule has 0 saturated heterocycles. The van der Waals surface area contributed by atoms with Crippen LogP contribution < -0.4 is 5.73 Å². The standard InChI is InChI=1S/C13H17BrClN3O3/c1-21-7-6-18(5-4-12(16)17-20)13(19)10-3-2-9(15)8-11(10)14/h2-3,8,20H,4-7H2,1H3,(H2,16,17). The zero-order valence-electron chi connectivity index (χ0n) is 11.6. The number of carbonyl (C=O) groups is 1. The van der Waals surface area contributed by atoms with Crippen molar-refractivity contribution < 1.29 is 14.7 Å². The number of carbonyl (C=O) groups excluding carboxylic acids is 1. The van der Waals surface area contributed by atoms with Gasteiger partial charge < -0.3 is 20.6 Å². The summed E-state index contributed by atoms with van der Waals surface area (Å²) in [5.74, 6) is -0.110. The van der Waals surface area contributed by atoms with E-state index in [0.29, 0.717) is 34.8 Å². The number of methoxy groups -OCH3 is 1. The van der Waals surface area contributed by atoms with E-state index in [1.807, 2.05) is 0 Å². The first-order valence-corrected chi connectivity index (χ1v) is 7.36. The molecule has 116 valence electrons. The minimum atomic E-state index is -0.179. The number of rotatable bonds is 7. The molecule has 3 N–H and O–H groups in total. The minimum Gasteiger partial charge on any atom is -0.409 e. The fraction of sp³-hybridized carbons (Fsp3) is 0.385. The summed E-state index contributed by atoms with van der Waals surface area (Å²) < 4.78 is 5.62. The van der Waals surface area contributed by atoms with Crippen LogP contribution in [0, 0.1) is 0 Å². The number of amidine groups is 1. The van der Waals surface area contributed by atoms with E-state index in [2.05, 4.69) is 21.1 Å². The SMILES string of the molecule is COCCN(CC/C(N)=N/O)C(=O)c1ccc(Cl)cc1Br. The van der Waals surface area contributed by atoms with Crippen LogP contribution in [0.1, 0.15) is 16.8 Å². The Hall–Kier alpha value is -1.31. The monoisotopic (exact) mass is 377 g/mol. The van der Waals surface area contributed by atoms with Crippen molar-refractivity contribution >= 4 is 39.3 Å². The third kappa shape index (κ3) is 5.53. The van der Waals surface area contributed by atoms with E-state index in [1.54, 1.807) is 30.2 Å². The number of benzene rings is 1. The summed E-state index contributed by atoms with van der Waals surface area (Å²) in [7, 11) is 1.56. The molecule has 1 aromatic rings. The molecule has 0 aromatic heterocycles. The van der Waals surface area contributed by atoms with Crippen LogP contribution in [0.3, 0.4) is 0 Å². The van der Waals surface area contributed by atoms with Gasteiger partial charge in [0.2, 0.25) is 0 Å². The van der Waals surface area contributed by atoms with Crippen LogP contribution in [-0.4, -0.2) is 48.7 Å². The number of amides is 1. The molecule has 0 heterocycles. The highest BCUT2D eigenvalue weighted by Gasteiger charge is 2.18. The second-order valence-corrected chi connectivity index (χ2v) is 5.54. The average Bonchev–Trinajstić information content (AvgIpc) is 2.46. The zero-order valence-corrected chi connectivity index (χ0v) is 13.9. The van der Waals surface area contributed by atoms with Crippen molar-refractivity contribution in [2.75, 3.05) is 26.8 Å². The molecule has 1 aromatic carbocycles. The van der Waals surface area contributed by atoms with Crippen molar-refractivity contribution in [2.45, 2.75) is 6.42 Å². The molecule has 0 aliphatic rings. The first kappa shape index (κ1) is 17.7. The van der Waals surface area contributed by atoms with Crippen molar-refractivity contribution in [1.29, 1.82) is 0 Å². The molecular weight excluding hydrogens is 362 g/mol. The third-order valence-corrected chi connectivity index (χ3v) is 3.67. The highest BCUT2D eigenvalue weighted by atomic mass is 79.9. The fourth-order valence-electron chi connectivity index (χ4n) is 1.65. The lowest BCUT2D eigenvalue weighted by atomic mass is 10.2. The Balaban J connectivity index is 2.87. The number of hydrogen-bond donors (Lipinski definition) is 2. The zero-order chi connectivity index (χ0) is 15.8. The van der Waals surface area contributed by atoms with Gasteiger partial charge in [0, 0.05) is 36.1 Å². The summed E-state index contributed by atoms with van der Waals surface area (Å²) in [6.07, 6.45) is 0.275. The Kier molecular flexibility index (Phi) is 7.49. The summed E-state index contributed by atoms with van der Waals surface area (Å²) >= 11 is 9.20.